The number of carbonyl (C=O) groups is 3. The van der Waals surface area contributed by atoms with Crippen LogP contribution in [0.25, 0.3) is 0 Å². The monoisotopic (exact) mass is 374 g/mol. The normalized spacial score (nSPS) is 21.4. The van der Waals surface area contributed by atoms with Gasteiger partial charge in [-0.25, -0.2) is 4.79 Å². The van der Waals surface area contributed by atoms with E-state index >= 15 is 0 Å². The molecule has 0 unspecified atom stereocenters. The van der Waals surface area contributed by atoms with E-state index in [2.05, 4.69) is 0 Å². The van der Waals surface area contributed by atoms with E-state index in [4.69, 9.17) is 4.74 Å². The Kier molecular flexibility index (Phi) is 5.13. The molecule has 146 valence electrons. The third kappa shape index (κ3) is 3.63. The minimum atomic E-state index is -0.954. The van der Waals surface area contributed by atoms with E-state index in [1.165, 1.54) is 11.8 Å². The molecule has 0 bridgehead atoms. The van der Waals surface area contributed by atoms with Gasteiger partial charge >= 0.3 is 5.97 Å². The molecule has 1 spiro atoms. The molecule has 1 aromatic rings. The minimum Gasteiger partial charge on any atom is -0.496 e. The molecular weight excluding hydrogens is 348 g/mol. The molecule has 2 saturated heterocycles. The Hall–Kier alpha value is -2.57. The Morgan fingerprint density at radius 1 is 1.22 bits per heavy atom. The number of carboxylic acid groups (broad SMARTS) is 1. The van der Waals surface area contributed by atoms with Crippen LogP contribution in [0.15, 0.2) is 18.2 Å². The smallest absolute Gasteiger partial charge is 0.326 e. The second-order valence-electron chi connectivity index (χ2n) is 7.70. The lowest BCUT2D eigenvalue weighted by molar-refractivity contribution is -0.147. The van der Waals surface area contributed by atoms with E-state index < -0.39 is 12.0 Å². The van der Waals surface area contributed by atoms with Crippen LogP contribution in [0, 0.1) is 12.3 Å². The molecule has 1 atom stereocenters. The summed E-state index contributed by atoms with van der Waals surface area (Å²) in [6.07, 6.45) is 1.85. The lowest BCUT2D eigenvalue weighted by atomic mass is 9.76. The van der Waals surface area contributed by atoms with Crippen LogP contribution in [0.3, 0.4) is 0 Å². The van der Waals surface area contributed by atoms with Gasteiger partial charge in [-0.1, -0.05) is 11.6 Å². The van der Waals surface area contributed by atoms with E-state index in [9.17, 15) is 19.5 Å². The van der Waals surface area contributed by atoms with Gasteiger partial charge in [0.25, 0.3) is 5.91 Å². The number of nitrogens with zero attached hydrogens (tertiary/aromatic N) is 2. The maximum Gasteiger partial charge on any atom is 0.326 e. The number of ether oxygens (including phenoxy) is 1. The molecule has 1 aromatic carbocycles. The Labute approximate surface area is 158 Å². The predicted octanol–water partition coefficient (Wildman–Crippen LogP) is 1.93. The van der Waals surface area contributed by atoms with Crippen molar-refractivity contribution in [2.24, 2.45) is 5.41 Å². The zero-order valence-electron chi connectivity index (χ0n) is 16.0. The van der Waals surface area contributed by atoms with Gasteiger partial charge in [0.2, 0.25) is 5.91 Å². The van der Waals surface area contributed by atoms with Crippen LogP contribution in [-0.2, 0) is 9.59 Å². The molecule has 0 aliphatic carbocycles. The van der Waals surface area contributed by atoms with Crippen molar-refractivity contribution in [1.82, 2.24) is 9.80 Å². The fraction of sp³-hybridized carbons (Fsp3) is 0.550. The van der Waals surface area contributed by atoms with Gasteiger partial charge in [0.1, 0.15) is 11.8 Å². The summed E-state index contributed by atoms with van der Waals surface area (Å²) in [6, 6.07) is 4.77. The Morgan fingerprint density at radius 2 is 1.89 bits per heavy atom. The highest BCUT2D eigenvalue weighted by atomic mass is 16.5. The van der Waals surface area contributed by atoms with Gasteiger partial charge in [0, 0.05) is 26.6 Å². The molecule has 7 heteroatoms. The lowest BCUT2D eigenvalue weighted by Crippen LogP contribution is -2.44. The summed E-state index contributed by atoms with van der Waals surface area (Å²) in [6.45, 7) is 4.90. The number of benzene rings is 1. The molecule has 3 rings (SSSR count). The zero-order chi connectivity index (χ0) is 19.8. The topological polar surface area (TPSA) is 87.2 Å². The number of methoxy groups -OCH3 is 1. The van der Waals surface area contributed by atoms with Crippen LogP contribution in [0.4, 0.5) is 0 Å². The number of aliphatic carboxylic acids is 1. The molecule has 7 nitrogen and oxygen atoms in total. The molecule has 2 aliphatic rings. The molecule has 27 heavy (non-hydrogen) atoms. The molecule has 0 aromatic heterocycles. The molecule has 1 N–H and O–H groups in total. The largest absolute Gasteiger partial charge is 0.496 e. The van der Waals surface area contributed by atoms with E-state index in [0.717, 1.165) is 5.56 Å². The number of piperidine rings is 1. The van der Waals surface area contributed by atoms with Crippen LogP contribution >= 0.6 is 0 Å². The lowest BCUT2D eigenvalue weighted by Gasteiger charge is -2.39. The Bertz CT molecular complexity index is 744. The number of aryl methyl sites for hydroxylation is 1. The summed E-state index contributed by atoms with van der Waals surface area (Å²) in [4.78, 5) is 39.6. The highest BCUT2D eigenvalue weighted by Gasteiger charge is 2.49. The third-order valence-electron chi connectivity index (χ3n) is 5.89. The number of carboxylic acids is 1. The number of hydrogen-bond acceptors (Lipinski definition) is 4. The SMILES string of the molecule is COc1ccc(C)cc1C(=O)N1CCC2(CC1)C[C@H](C(=O)O)N(C(C)=O)C2. The Balaban J connectivity index is 1.72. The van der Waals surface area contributed by atoms with E-state index in [-0.39, 0.29) is 17.2 Å². The molecule has 2 heterocycles. The molecule has 2 aliphatic heterocycles. The van der Waals surface area contributed by atoms with Crippen LogP contribution in [0.5, 0.6) is 5.75 Å². The zero-order valence-corrected chi connectivity index (χ0v) is 16.0. The average molecular weight is 374 g/mol. The maximum absolute atomic E-state index is 13.0. The first-order chi connectivity index (χ1) is 12.8. The predicted molar refractivity (Wildman–Crippen MR) is 98.7 cm³/mol. The van der Waals surface area contributed by atoms with Crippen LogP contribution in [0.1, 0.15) is 42.1 Å². The number of hydrogen-bond donors (Lipinski definition) is 1. The van der Waals surface area contributed by atoms with Crippen molar-refractivity contribution in [1.29, 1.82) is 0 Å². The van der Waals surface area contributed by atoms with Crippen LogP contribution in [-0.4, -0.2) is 65.5 Å². The number of amides is 2. The van der Waals surface area contributed by atoms with Gasteiger partial charge < -0.3 is 19.6 Å². The fourth-order valence-corrected chi connectivity index (χ4v) is 4.31. The first-order valence-corrected chi connectivity index (χ1v) is 9.20. The quantitative estimate of drug-likeness (QED) is 0.874. The fourth-order valence-electron chi connectivity index (χ4n) is 4.31. The van der Waals surface area contributed by atoms with Crippen LogP contribution < -0.4 is 4.74 Å². The summed E-state index contributed by atoms with van der Waals surface area (Å²) < 4.78 is 5.33. The summed E-state index contributed by atoms with van der Waals surface area (Å²) in [5, 5.41) is 9.45. The first kappa shape index (κ1) is 19.2. The number of rotatable bonds is 3. The minimum absolute atomic E-state index is 0.0680. The average Bonchev–Trinajstić information content (AvgIpc) is 3.02. The summed E-state index contributed by atoms with van der Waals surface area (Å²) in [5.41, 5.74) is 1.32. The summed E-state index contributed by atoms with van der Waals surface area (Å²) in [5.74, 6) is -0.672. The molecular formula is C20H26N2O5. The highest BCUT2D eigenvalue weighted by Crippen LogP contribution is 2.43. The second kappa shape index (κ2) is 7.21. The highest BCUT2D eigenvalue weighted by molar-refractivity contribution is 5.97. The molecule has 0 radical (unpaired) electrons. The summed E-state index contributed by atoms with van der Waals surface area (Å²) in [7, 11) is 1.55. The van der Waals surface area contributed by atoms with Crippen LogP contribution in [0.2, 0.25) is 0 Å². The van der Waals surface area contributed by atoms with Crippen molar-refractivity contribution >= 4 is 17.8 Å². The Morgan fingerprint density at radius 3 is 2.41 bits per heavy atom. The second-order valence-corrected chi connectivity index (χ2v) is 7.70. The number of carbonyl (C=O) groups excluding carboxylic acids is 2. The van der Waals surface area contributed by atoms with Gasteiger partial charge in [-0.15, -0.1) is 0 Å². The van der Waals surface area contributed by atoms with Crippen molar-refractivity contribution in [3.63, 3.8) is 0 Å². The van der Waals surface area contributed by atoms with E-state index in [0.29, 0.717) is 50.2 Å². The number of likely N-dealkylation sites (tertiary alicyclic amines) is 2. The van der Waals surface area contributed by atoms with Gasteiger partial charge in [-0.2, -0.15) is 0 Å². The van der Waals surface area contributed by atoms with E-state index in [1.807, 2.05) is 19.1 Å². The van der Waals surface area contributed by atoms with Crippen molar-refractivity contribution in [2.75, 3.05) is 26.7 Å². The molecule has 2 amide bonds. The van der Waals surface area contributed by atoms with Crippen molar-refractivity contribution in [3.8, 4) is 5.75 Å². The van der Waals surface area contributed by atoms with Gasteiger partial charge in [-0.3, -0.25) is 9.59 Å². The summed E-state index contributed by atoms with van der Waals surface area (Å²) >= 11 is 0. The molecule has 2 fully saturated rings. The van der Waals surface area contributed by atoms with Gasteiger partial charge in [0.15, 0.2) is 0 Å². The van der Waals surface area contributed by atoms with Crippen molar-refractivity contribution in [2.45, 2.75) is 39.2 Å². The third-order valence-corrected chi connectivity index (χ3v) is 5.89. The van der Waals surface area contributed by atoms with Crippen molar-refractivity contribution in [3.05, 3.63) is 29.3 Å². The molecule has 0 saturated carbocycles. The maximum atomic E-state index is 13.0. The van der Waals surface area contributed by atoms with Gasteiger partial charge in [-0.05, 0) is 43.7 Å². The van der Waals surface area contributed by atoms with Gasteiger partial charge in [0.05, 0.1) is 12.7 Å². The first-order valence-electron chi connectivity index (χ1n) is 9.20. The standard InChI is InChI=1S/C20H26N2O5/c1-13-4-5-17(27-3)15(10-13)18(24)21-8-6-20(7-9-21)11-16(19(25)26)22(12-20)14(2)23/h4-5,10,16H,6-9,11-12H2,1-3H3,(H,25,26)/t16-/m1/s1. The van der Waals surface area contributed by atoms with E-state index in [1.54, 1.807) is 18.1 Å². The van der Waals surface area contributed by atoms with Crippen molar-refractivity contribution < 1.29 is 24.2 Å².